The van der Waals surface area contributed by atoms with E-state index in [0.717, 1.165) is 0 Å². The quantitative estimate of drug-likeness (QED) is 0.241. The number of aromatic amines is 2. The fourth-order valence-electron chi connectivity index (χ4n) is 0.338. The summed E-state index contributed by atoms with van der Waals surface area (Å²) in [4.78, 5) is 3.70. The number of H-pyrrole nitrogens is 2. The van der Waals surface area contributed by atoms with Crippen LogP contribution in [0.1, 0.15) is 0 Å². The number of anilines is 1. The van der Waals surface area contributed by atoms with Crippen molar-refractivity contribution in [3.63, 3.8) is 0 Å². The maximum Gasteiger partial charge on any atom is 0.232 e. The van der Waals surface area contributed by atoms with Gasteiger partial charge in [0.15, 0.2) is 0 Å². The average Bonchev–Trinajstić information content (AvgIpc) is 2.14. The van der Waals surface area contributed by atoms with Crippen LogP contribution in [0.15, 0.2) is 0 Å². The molecule has 0 amide bonds. The summed E-state index contributed by atoms with van der Waals surface area (Å²) in [6, 6.07) is 0. The van der Waals surface area contributed by atoms with Gasteiger partial charge in [0.05, 0.1) is 0 Å². The van der Waals surface area contributed by atoms with Crippen molar-refractivity contribution in [3.05, 3.63) is 4.77 Å². The Morgan fingerprint density at radius 3 is 2.62 bits per heavy atom. The molecule has 0 saturated heterocycles. The molecule has 44 valence electrons. The zero-order valence-corrected chi connectivity index (χ0v) is 4.75. The maximum absolute atomic E-state index is 4.95. The molecule has 6 heteroatoms. The van der Waals surface area contributed by atoms with Crippen molar-refractivity contribution in [2.24, 2.45) is 5.84 Å². The van der Waals surface area contributed by atoms with Gasteiger partial charge in [0.1, 0.15) is 0 Å². The van der Waals surface area contributed by atoms with Crippen molar-refractivity contribution in [2.75, 3.05) is 5.43 Å². The highest BCUT2D eigenvalue weighted by atomic mass is 32.1. The minimum Gasteiger partial charge on any atom is -0.293 e. The van der Waals surface area contributed by atoms with Crippen LogP contribution in [0, 0.1) is 4.77 Å². The first-order chi connectivity index (χ1) is 3.83. The van der Waals surface area contributed by atoms with Crippen LogP contribution in [0.5, 0.6) is 0 Å². The Labute approximate surface area is 50.3 Å². The van der Waals surface area contributed by atoms with Gasteiger partial charge in [-0.1, -0.05) is 0 Å². The first-order valence-electron chi connectivity index (χ1n) is 1.94. The molecule has 5 N–H and O–H groups in total. The van der Waals surface area contributed by atoms with E-state index in [9.17, 15) is 0 Å². The second-order valence-corrected chi connectivity index (χ2v) is 1.55. The van der Waals surface area contributed by atoms with Crippen LogP contribution in [-0.4, -0.2) is 15.2 Å². The van der Waals surface area contributed by atoms with Crippen LogP contribution in [0.2, 0.25) is 0 Å². The molecule has 0 aromatic carbocycles. The average molecular weight is 131 g/mol. The summed E-state index contributed by atoms with van der Waals surface area (Å²) in [5.41, 5.74) is 2.28. The third kappa shape index (κ3) is 0.849. The van der Waals surface area contributed by atoms with Gasteiger partial charge in [-0.2, -0.15) is 4.98 Å². The zero-order chi connectivity index (χ0) is 5.98. The van der Waals surface area contributed by atoms with Gasteiger partial charge in [-0.15, -0.1) is 0 Å². The molecular weight excluding hydrogens is 126 g/mol. The summed E-state index contributed by atoms with van der Waals surface area (Å²) in [5.74, 6) is 5.39. The Bertz CT molecular complexity index is 210. The fourth-order valence-corrected chi connectivity index (χ4v) is 0.481. The Morgan fingerprint density at radius 1 is 1.62 bits per heavy atom. The highest BCUT2D eigenvalue weighted by Crippen LogP contribution is 1.87. The molecule has 0 aliphatic rings. The first-order valence-corrected chi connectivity index (χ1v) is 2.35. The summed E-state index contributed by atoms with van der Waals surface area (Å²) >= 11 is 4.61. The molecule has 5 nitrogen and oxygen atoms in total. The number of nitrogens with zero attached hydrogens (tertiary/aromatic N) is 1. The monoisotopic (exact) mass is 131 g/mol. The lowest BCUT2D eigenvalue weighted by atomic mass is 11.1. The summed E-state index contributed by atoms with van der Waals surface area (Å²) in [5, 5.41) is 5.13. The van der Waals surface area contributed by atoms with E-state index in [1.807, 2.05) is 0 Å². The number of nitrogens with one attached hydrogen (secondary N) is 3. The van der Waals surface area contributed by atoms with E-state index in [1.165, 1.54) is 0 Å². The summed E-state index contributed by atoms with van der Waals surface area (Å²) in [6.07, 6.45) is 0. The van der Waals surface area contributed by atoms with Crippen molar-refractivity contribution < 1.29 is 0 Å². The smallest absolute Gasteiger partial charge is 0.232 e. The van der Waals surface area contributed by atoms with Gasteiger partial charge in [-0.05, 0) is 12.2 Å². The van der Waals surface area contributed by atoms with Crippen molar-refractivity contribution in [1.82, 2.24) is 15.2 Å². The predicted octanol–water partition coefficient (Wildman–Crippen LogP) is -0.247. The number of hydrogen-bond acceptors (Lipinski definition) is 4. The van der Waals surface area contributed by atoms with Crippen LogP contribution in [0.4, 0.5) is 5.95 Å². The van der Waals surface area contributed by atoms with Gasteiger partial charge in [0.2, 0.25) is 10.7 Å². The van der Waals surface area contributed by atoms with Gasteiger partial charge in [0, 0.05) is 0 Å². The third-order valence-corrected chi connectivity index (χ3v) is 0.831. The van der Waals surface area contributed by atoms with Crippen LogP contribution in [-0.2, 0) is 0 Å². The van der Waals surface area contributed by atoms with Crippen LogP contribution in [0.25, 0.3) is 0 Å². The van der Waals surface area contributed by atoms with Crippen LogP contribution < -0.4 is 11.3 Å². The SMILES string of the molecule is NNc1nc(=S)[nH][nH]1. The first kappa shape index (κ1) is 5.26. The van der Waals surface area contributed by atoms with Gasteiger partial charge in [-0.25, -0.2) is 5.84 Å². The second-order valence-electron chi connectivity index (χ2n) is 1.16. The lowest BCUT2D eigenvalue weighted by Crippen LogP contribution is -2.07. The minimum atomic E-state index is 0.387. The van der Waals surface area contributed by atoms with E-state index in [4.69, 9.17) is 5.84 Å². The molecule has 0 fully saturated rings. The van der Waals surface area contributed by atoms with Gasteiger partial charge in [0.25, 0.3) is 0 Å². The van der Waals surface area contributed by atoms with Gasteiger partial charge >= 0.3 is 0 Å². The molecule has 0 atom stereocenters. The fraction of sp³-hybridized carbons (Fsp3) is 0. The van der Waals surface area contributed by atoms with Crippen molar-refractivity contribution >= 4 is 18.2 Å². The Hall–Kier alpha value is -0.880. The van der Waals surface area contributed by atoms with Crippen molar-refractivity contribution in [3.8, 4) is 0 Å². The van der Waals surface area contributed by atoms with Gasteiger partial charge in [-0.3, -0.25) is 15.6 Å². The molecule has 0 bridgehead atoms. The van der Waals surface area contributed by atoms with Crippen molar-refractivity contribution in [1.29, 1.82) is 0 Å². The summed E-state index contributed by atoms with van der Waals surface area (Å²) in [7, 11) is 0. The second kappa shape index (κ2) is 1.93. The molecule has 1 heterocycles. The standard InChI is InChI=1S/C2H5N5S/c3-5-1-4-2(8)7-6-1/h3H2,(H3,4,5,6,7,8). The van der Waals surface area contributed by atoms with E-state index < -0.39 is 0 Å². The summed E-state index contributed by atoms with van der Waals surface area (Å²) < 4.78 is 0.387. The molecule has 8 heavy (non-hydrogen) atoms. The molecule has 1 aromatic heterocycles. The Balaban J connectivity index is 3.01. The molecule has 0 saturated carbocycles. The molecule has 0 spiro atoms. The molecule has 1 aromatic rings. The number of nitrogens with two attached hydrogens (primary N) is 1. The Morgan fingerprint density at radius 2 is 2.38 bits per heavy atom. The topological polar surface area (TPSA) is 82.5 Å². The van der Waals surface area contributed by atoms with E-state index in [0.29, 0.717) is 10.7 Å². The predicted molar refractivity (Wildman–Crippen MR) is 31.6 cm³/mol. The van der Waals surface area contributed by atoms with Crippen LogP contribution >= 0.6 is 12.2 Å². The third-order valence-electron chi connectivity index (χ3n) is 0.638. The minimum absolute atomic E-state index is 0.387. The lowest BCUT2D eigenvalue weighted by Gasteiger charge is -1.84. The van der Waals surface area contributed by atoms with Crippen LogP contribution in [0.3, 0.4) is 0 Å². The van der Waals surface area contributed by atoms with E-state index >= 15 is 0 Å². The van der Waals surface area contributed by atoms with E-state index in [1.54, 1.807) is 0 Å². The zero-order valence-electron chi connectivity index (χ0n) is 3.93. The molecule has 0 unspecified atom stereocenters. The molecule has 0 aliphatic carbocycles. The number of nitrogen functional groups attached to an aromatic ring is 1. The maximum atomic E-state index is 4.95. The normalized spacial score (nSPS) is 9.12. The highest BCUT2D eigenvalue weighted by Gasteiger charge is 1.86. The highest BCUT2D eigenvalue weighted by molar-refractivity contribution is 7.71. The molecule has 1 rings (SSSR count). The Kier molecular flexibility index (Phi) is 1.27. The number of rotatable bonds is 1. The largest absolute Gasteiger partial charge is 0.293 e. The summed E-state index contributed by atoms with van der Waals surface area (Å²) in [6.45, 7) is 0. The molecular formula is C2H5N5S. The number of aromatic nitrogens is 3. The molecule has 0 aliphatic heterocycles. The van der Waals surface area contributed by atoms with E-state index in [2.05, 4.69) is 32.8 Å². The number of hydrogen-bond donors (Lipinski definition) is 4. The van der Waals surface area contributed by atoms with E-state index in [-0.39, 0.29) is 0 Å². The van der Waals surface area contributed by atoms with Crippen molar-refractivity contribution in [2.45, 2.75) is 0 Å². The molecule has 0 radical (unpaired) electrons. The lowest BCUT2D eigenvalue weighted by molar-refractivity contribution is 1.07. The van der Waals surface area contributed by atoms with Gasteiger partial charge < -0.3 is 0 Å². The number of hydrazine groups is 1.